The quantitative estimate of drug-likeness (QED) is 0.332. The molecule has 0 amide bonds. The lowest BCUT2D eigenvalue weighted by Crippen LogP contribution is -2.45. The van der Waals surface area contributed by atoms with Gasteiger partial charge in [0.15, 0.2) is 11.6 Å². The molecule has 216 valence electrons. The standard InChI is InChI=1S/C33H35BrClNO5/c1-32(2)14-23-30(25(37)16-32)29(31-24(36(23)12-11-28(39)40)15-33(3,4)17-26(31)38)20-7-10-27(22(34)13-20)41-18-19-5-8-21(35)9-6-19/h5-10,13,29H,11-12,14-18H2,1-4H3,(H,39,40). The Morgan fingerprint density at radius 2 is 1.51 bits per heavy atom. The van der Waals surface area contributed by atoms with Crippen LogP contribution in [0.3, 0.4) is 0 Å². The molecule has 0 bridgehead atoms. The van der Waals surface area contributed by atoms with Crippen LogP contribution in [0.15, 0.2) is 69.5 Å². The average molecular weight is 641 g/mol. The van der Waals surface area contributed by atoms with Gasteiger partial charge in [0.05, 0.1) is 10.9 Å². The van der Waals surface area contributed by atoms with Crippen molar-refractivity contribution in [3.05, 3.63) is 85.6 Å². The van der Waals surface area contributed by atoms with E-state index in [0.717, 1.165) is 27.0 Å². The monoisotopic (exact) mass is 639 g/mol. The summed E-state index contributed by atoms with van der Waals surface area (Å²) in [7, 11) is 0. The lowest BCUT2D eigenvalue weighted by Gasteiger charge is -2.49. The number of carboxylic acid groups (broad SMARTS) is 1. The minimum absolute atomic E-state index is 0.0185. The summed E-state index contributed by atoms with van der Waals surface area (Å²) in [5, 5.41) is 10.2. The van der Waals surface area contributed by atoms with Crippen LogP contribution < -0.4 is 4.74 Å². The minimum Gasteiger partial charge on any atom is -0.488 e. The molecule has 8 heteroatoms. The summed E-state index contributed by atoms with van der Waals surface area (Å²) in [6, 6.07) is 13.2. The van der Waals surface area contributed by atoms with Crippen molar-refractivity contribution in [2.24, 2.45) is 10.8 Å². The molecular formula is C33H35BrClNO5. The van der Waals surface area contributed by atoms with Crippen LogP contribution in [0.4, 0.5) is 0 Å². The Bertz CT molecular complexity index is 1430. The van der Waals surface area contributed by atoms with Crippen LogP contribution in [0.2, 0.25) is 5.02 Å². The molecule has 3 aliphatic rings. The number of nitrogens with zero attached hydrogens (tertiary/aromatic N) is 1. The summed E-state index contributed by atoms with van der Waals surface area (Å²) in [5.74, 6) is -0.722. The first-order valence-electron chi connectivity index (χ1n) is 13.9. The normalized spacial score (nSPS) is 20.2. The van der Waals surface area contributed by atoms with Crippen LogP contribution in [-0.2, 0) is 21.0 Å². The number of Topliss-reactive ketones (excluding diaryl/α,β-unsaturated/α-hetero) is 2. The largest absolute Gasteiger partial charge is 0.488 e. The zero-order valence-corrected chi connectivity index (χ0v) is 26.2. The number of hydrogen-bond acceptors (Lipinski definition) is 5. The number of ether oxygens (including phenoxy) is 1. The van der Waals surface area contributed by atoms with Crippen LogP contribution in [0.1, 0.15) is 76.8 Å². The molecule has 0 spiro atoms. The van der Waals surface area contributed by atoms with Crippen LogP contribution >= 0.6 is 27.5 Å². The highest BCUT2D eigenvalue weighted by Crippen LogP contribution is 2.54. The number of carbonyl (C=O) groups excluding carboxylic acids is 2. The van der Waals surface area contributed by atoms with Gasteiger partial charge in [0.1, 0.15) is 12.4 Å². The molecule has 0 unspecified atom stereocenters. The molecule has 1 N–H and O–H groups in total. The van der Waals surface area contributed by atoms with Gasteiger partial charge in [-0.05, 0) is 75.0 Å². The maximum Gasteiger partial charge on any atom is 0.305 e. The molecule has 0 fully saturated rings. The van der Waals surface area contributed by atoms with Crippen LogP contribution in [0.5, 0.6) is 5.75 Å². The third kappa shape index (κ3) is 6.17. The number of hydrogen-bond donors (Lipinski definition) is 1. The number of ketones is 2. The van der Waals surface area contributed by atoms with Gasteiger partial charge in [-0.1, -0.05) is 57.5 Å². The van der Waals surface area contributed by atoms with Crippen LogP contribution in [0, 0.1) is 10.8 Å². The minimum atomic E-state index is -0.905. The topological polar surface area (TPSA) is 83.9 Å². The number of halogens is 2. The van der Waals surface area contributed by atoms with E-state index in [9.17, 15) is 19.5 Å². The Hall–Kier alpha value is -2.90. The number of rotatable bonds is 7. The second kappa shape index (κ2) is 11.1. The molecule has 0 saturated heterocycles. The summed E-state index contributed by atoms with van der Waals surface area (Å²) in [5.41, 5.74) is 4.26. The van der Waals surface area contributed by atoms with Gasteiger partial charge in [0.25, 0.3) is 0 Å². The third-order valence-electron chi connectivity index (χ3n) is 8.17. The van der Waals surface area contributed by atoms with Crippen molar-refractivity contribution in [3.63, 3.8) is 0 Å². The number of benzene rings is 2. The summed E-state index contributed by atoms with van der Waals surface area (Å²) < 4.78 is 6.81. The molecule has 2 aliphatic carbocycles. The number of allylic oxidation sites excluding steroid dienone is 4. The highest BCUT2D eigenvalue weighted by molar-refractivity contribution is 9.10. The predicted octanol–water partition coefficient (Wildman–Crippen LogP) is 7.84. The molecule has 2 aromatic carbocycles. The molecule has 0 radical (unpaired) electrons. The molecule has 0 aromatic heterocycles. The first-order valence-corrected chi connectivity index (χ1v) is 15.1. The molecule has 5 rings (SSSR count). The van der Waals surface area contributed by atoms with Crippen LogP contribution in [0.25, 0.3) is 0 Å². The first kappa shape index (κ1) is 29.6. The zero-order chi connectivity index (χ0) is 29.7. The molecule has 0 atom stereocenters. The van der Waals surface area contributed by atoms with Gasteiger partial charge < -0.3 is 14.7 Å². The van der Waals surface area contributed by atoms with Gasteiger partial charge in [-0.25, -0.2) is 0 Å². The first-order chi connectivity index (χ1) is 19.2. The Labute approximate surface area is 254 Å². The van der Waals surface area contributed by atoms with E-state index in [2.05, 4.69) is 43.6 Å². The predicted molar refractivity (Wildman–Crippen MR) is 162 cm³/mol. The Morgan fingerprint density at radius 1 is 0.951 bits per heavy atom. The summed E-state index contributed by atoms with van der Waals surface area (Å²) in [4.78, 5) is 41.4. The van der Waals surface area contributed by atoms with E-state index in [-0.39, 0.29) is 35.4 Å². The highest BCUT2D eigenvalue weighted by atomic mass is 79.9. The maximum atomic E-state index is 13.9. The molecule has 6 nitrogen and oxygen atoms in total. The van der Waals surface area contributed by atoms with E-state index in [4.69, 9.17) is 16.3 Å². The van der Waals surface area contributed by atoms with Gasteiger partial charge >= 0.3 is 5.97 Å². The Balaban J connectivity index is 1.59. The molecule has 1 aliphatic heterocycles. The number of carbonyl (C=O) groups is 3. The Kier molecular flexibility index (Phi) is 7.99. The molecule has 2 aromatic rings. The van der Waals surface area contributed by atoms with Crippen molar-refractivity contribution in [3.8, 4) is 5.75 Å². The fourth-order valence-electron chi connectivity index (χ4n) is 6.41. The maximum absolute atomic E-state index is 13.9. The van der Waals surface area contributed by atoms with Crippen molar-refractivity contribution < 1.29 is 24.2 Å². The van der Waals surface area contributed by atoms with E-state index in [1.54, 1.807) is 0 Å². The fraction of sp³-hybridized carbons (Fsp3) is 0.424. The van der Waals surface area contributed by atoms with Gasteiger partial charge in [-0.15, -0.1) is 0 Å². The Morgan fingerprint density at radius 3 is 2.02 bits per heavy atom. The van der Waals surface area contributed by atoms with Crippen molar-refractivity contribution in [2.75, 3.05) is 6.54 Å². The average Bonchev–Trinajstić information content (AvgIpc) is 2.85. The van der Waals surface area contributed by atoms with Crippen molar-refractivity contribution in [2.45, 2.75) is 72.3 Å². The molecular weight excluding hydrogens is 606 g/mol. The molecule has 1 heterocycles. The second-order valence-corrected chi connectivity index (χ2v) is 14.2. The van der Waals surface area contributed by atoms with E-state index < -0.39 is 11.9 Å². The van der Waals surface area contributed by atoms with Crippen molar-refractivity contribution >= 4 is 45.1 Å². The van der Waals surface area contributed by atoms with Gasteiger partial charge in [0, 0.05) is 52.9 Å². The van der Waals surface area contributed by atoms with Crippen molar-refractivity contribution in [1.29, 1.82) is 0 Å². The van der Waals surface area contributed by atoms with E-state index in [0.29, 0.717) is 54.2 Å². The van der Waals surface area contributed by atoms with E-state index in [1.165, 1.54) is 0 Å². The lowest BCUT2D eigenvalue weighted by atomic mass is 9.63. The zero-order valence-electron chi connectivity index (χ0n) is 23.9. The van der Waals surface area contributed by atoms with Gasteiger partial charge in [-0.3, -0.25) is 14.4 Å². The molecule has 41 heavy (non-hydrogen) atoms. The second-order valence-electron chi connectivity index (χ2n) is 12.9. The van der Waals surface area contributed by atoms with E-state index >= 15 is 0 Å². The number of carboxylic acids is 1. The smallest absolute Gasteiger partial charge is 0.305 e. The SMILES string of the molecule is CC1(C)CC(=O)C2=C(C1)N(CCC(=O)O)C1=C(C(=O)CC(C)(C)C1)C2c1ccc(OCc2ccc(Cl)cc2)c(Br)c1. The van der Waals surface area contributed by atoms with Crippen LogP contribution in [-0.4, -0.2) is 34.1 Å². The summed E-state index contributed by atoms with van der Waals surface area (Å²) in [6.45, 7) is 8.88. The van der Waals surface area contributed by atoms with Gasteiger partial charge in [-0.2, -0.15) is 0 Å². The third-order valence-corrected chi connectivity index (χ3v) is 9.04. The van der Waals surface area contributed by atoms with Gasteiger partial charge in [0.2, 0.25) is 0 Å². The fourth-order valence-corrected chi connectivity index (χ4v) is 7.05. The number of aliphatic carboxylic acids is 1. The van der Waals surface area contributed by atoms with Crippen molar-refractivity contribution in [1.82, 2.24) is 4.90 Å². The summed E-state index contributed by atoms with van der Waals surface area (Å²) >= 11 is 9.67. The highest BCUT2D eigenvalue weighted by Gasteiger charge is 2.49. The van der Waals surface area contributed by atoms with E-state index in [1.807, 2.05) is 47.4 Å². The summed E-state index contributed by atoms with van der Waals surface area (Å²) in [6.07, 6.45) is 1.95. The lowest BCUT2D eigenvalue weighted by molar-refractivity contribution is -0.137. The molecule has 0 saturated carbocycles.